The molecule has 0 spiro atoms. The Labute approximate surface area is 99.2 Å². The van der Waals surface area contributed by atoms with Gasteiger partial charge in [-0.3, -0.25) is 0 Å². The van der Waals surface area contributed by atoms with Crippen molar-refractivity contribution in [3.8, 4) is 0 Å². The Hall–Kier alpha value is -0.600. The first kappa shape index (κ1) is 13.5. The first-order valence-electron chi connectivity index (χ1n) is 6.48. The summed E-state index contributed by atoms with van der Waals surface area (Å²) in [6, 6.07) is 0. The number of rotatable bonds is 9. The van der Waals surface area contributed by atoms with Crippen LogP contribution in [0.3, 0.4) is 0 Å². The van der Waals surface area contributed by atoms with Crippen LogP contribution in [0.4, 0.5) is 0 Å². The Kier molecular flexibility index (Phi) is 8.09. The molecule has 0 aliphatic heterocycles. The van der Waals surface area contributed by atoms with Gasteiger partial charge in [0.05, 0.1) is 0 Å². The molecule has 4 N–H and O–H groups in total. The standard InChI is InChI=1S/C13H25N3/c14-8-10-16-12-11-15-9-4-7-13-5-2-1-3-6-13/h2,15-16H,1,3-4,6-12,14H2. The van der Waals surface area contributed by atoms with Crippen LogP contribution in [0, 0.1) is 0 Å². The first-order valence-corrected chi connectivity index (χ1v) is 6.48. The zero-order valence-corrected chi connectivity index (χ0v) is 10.2. The second-order valence-electron chi connectivity index (χ2n) is 4.24. The largest absolute Gasteiger partial charge is 0.329 e. The lowest BCUT2D eigenvalue weighted by molar-refractivity contribution is 0.594. The molecule has 1 aliphatic rings. The van der Waals surface area contributed by atoms with Gasteiger partial charge in [-0.2, -0.15) is 0 Å². The number of hydrogen-bond acceptors (Lipinski definition) is 3. The van der Waals surface area contributed by atoms with Crippen molar-refractivity contribution in [2.24, 2.45) is 5.73 Å². The van der Waals surface area contributed by atoms with Crippen LogP contribution in [0.5, 0.6) is 0 Å². The Bertz CT molecular complexity index is 229. The first-order chi connectivity index (χ1) is 7.93. The van der Waals surface area contributed by atoms with Crippen molar-refractivity contribution in [1.82, 2.24) is 10.6 Å². The molecule has 0 bridgehead atoms. The topological polar surface area (TPSA) is 50.1 Å². The molecule has 16 heavy (non-hydrogen) atoms. The SMILES string of the molecule is NCCNCCNCCCC1=C=CCCC1. The molecule has 1 rings (SSSR count). The van der Waals surface area contributed by atoms with Gasteiger partial charge in [-0.25, -0.2) is 0 Å². The molecule has 0 saturated carbocycles. The number of nitrogens with two attached hydrogens (primary N) is 1. The van der Waals surface area contributed by atoms with Crippen molar-refractivity contribution in [2.75, 3.05) is 32.7 Å². The van der Waals surface area contributed by atoms with E-state index >= 15 is 0 Å². The summed E-state index contributed by atoms with van der Waals surface area (Å²) in [5, 5.41) is 6.69. The summed E-state index contributed by atoms with van der Waals surface area (Å²) in [4.78, 5) is 0. The summed E-state index contributed by atoms with van der Waals surface area (Å²) in [6.45, 7) is 4.80. The van der Waals surface area contributed by atoms with Gasteiger partial charge >= 0.3 is 0 Å². The molecular formula is C13H25N3. The van der Waals surface area contributed by atoms with Crippen LogP contribution in [-0.2, 0) is 0 Å². The van der Waals surface area contributed by atoms with E-state index in [1.807, 2.05) is 0 Å². The molecule has 0 atom stereocenters. The molecule has 0 aromatic carbocycles. The lowest BCUT2D eigenvalue weighted by atomic mass is 10.0. The molecule has 3 nitrogen and oxygen atoms in total. The van der Waals surface area contributed by atoms with Gasteiger partial charge in [-0.15, -0.1) is 5.73 Å². The molecular weight excluding hydrogens is 198 g/mol. The molecule has 0 aromatic heterocycles. The average molecular weight is 223 g/mol. The normalized spacial score (nSPS) is 15.2. The van der Waals surface area contributed by atoms with E-state index in [0.29, 0.717) is 0 Å². The van der Waals surface area contributed by atoms with Gasteiger partial charge in [0, 0.05) is 26.2 Å². The predicted octanol–water partition coefficient (Wildman–Crippen LogP) is 1.17. The second kappa shape index (κ2) is 9.61. The zero-order chi connectivity index (χ0) is 11.5. The number of hydrogen-bond donors (Lipinski definition) is 3. The average Bonchev–Trinajstić information content (AvgIpc) is 2.34. The third-order valence-corrected chi connectivity index (χ3v) is 2.76. The summed E-state index contributed by atoms with van der Waals surface area (Å²) >= 11 is 0. The lowest BCUT2D eigenvalue weighted by Crippen LogP contribution is -2.31. The number of nitrogens with one attached hydrogen (secondary N) is 2. The fraction of sp³-hybridized carbons (Fsp3) is 0.769. The van der Waals surface area contributed by atoms with Crippen LogP contribution in [0.2, 0.25) is 0 Å². The van der Waals surface area contributed by atoms with E-state index in [1.54, 1.807) is 0 Å². The van der Waals surface area contributed by atoms with Gasteiger partial charge in [0.25, 0.3) is 0 Å². The third-order valence-electron chi connectivity index (χ3n) is 2.76. The van der Waals surface area contributed by atoms with E-state index in [1.165, 1.54) is 37.7 Å². The Morgan fingerprint density at radius 3 is 2.69 bits per heavy atom. The second-order valence-corrected chi connectivity index (χ2v) is 4.24. The summed E-state index contributed by atoms with van der Waals surface area (Å²) < 4.78 is 0. The van der Waals surface area contributed by atoms with Crippen molar-refractivity contribution >= 4 is 0 Å². The molecule has 0 saturated heterocycles. The van der Waals surface area contributed by atoms with Crippen molar-refractivity contribution < 1.29 is 0 Å². The van der Waals surface area contributed by atoms with E-state index in [2.05, 4.69) is 22.4 Å². The summed E-state index contributed by atoms with van der Waals surface area (Å²) in [5.74, 6) is 0. The quantitative estimate of drug-likeness (QED) is 0.406. The molecule has 3 heteroatoms. The number of allylic oxidation sites excluding steroid dienone is 1. The molecule has 1 aliphatic carbocycles. The van der Waals surface area contributed by atoms with Crippen LogP contribution in [0.25, 0.3) is 0 Å². The maximum atomic E-state index is 5.38. The fourth-order valence-electron chi connectivity index (χ4n) is 1.86. The fourth-order valence-corrected chi connectivity index (χ4v) is 1.86. The highest BCUT2D eigenvalue weighted by Gasteiger charge is 1.99. The molecule has 0 radical (unpaired) electrons. The summed E-state index contributed by atoms with van der Waals surface area (Å²) in [7, 11) is 0. The molecule has 0 amide bonds. The van der Waals surface area contributed by atoms with Crippen LogP contribution in [0.15, 0.2) is 17.4 Å². The van der Waals surface area contributed by atoms with Crippen molar-refractivity contribution in [2.45, 2.75) is 32.1 Å². The monoisotopic (exact) mass is 223 g/mol. The van der Waals surface area contributed by atoms with Crippen molar-refractivity contribution in [3.63, 3.8) is 0 Å². The van der Waals surface area contributed by atoms with Crippen molar-refractivity contribution in [3.05, 3.63) is 17.4 Å². The Morgan fingerprint density at radius 2 is 2.00 bits per heavy atom. The van der Waals surface area contributed by atoms with Gasteiger partial charge < -0.3 is 16.4 Å². The van der Waals surface area contributed by atoms with Gasteiger partial charge in [0.1, 0.15) is 0 Å². The van der Waals surface area contributed by atoms with Crippen LogP contribution < -0.4 is 16.4 Å². The maximum Gasteiger partial charge on any atom is 0.00772 e. The Morgan fingerprint density at radius 1 is 1.19 bits per heavy atom. The van der Waals surface area contributed by atoms with E-state index in [9.17, 15) is 0 Å². The third kappa shape index (κ3) is 6.81. The minimum absolute atomic E-state index is 0.723. The van der Waals surface area contributed by atoms with E-state index < -0.39 is 0 Å². The highest BCUT2D eigenvalue weighted by Crippen LogP contribution is 2.16. The minimum atomic E-state index is 0.723. The van der Waals surface area contributed by atoms with Gasteiger partial charge in [0.15, 0.2) is 0 Å². The summed E-state index contributed by atoms with van der Waals surface area (Å²) in [6.07, 6.45) is 8.41. The smallest absolute Gasteiger partial charge is 0.00772 e. The van der Waals surface area contributed by atoms with Crippen LogP contribution >= 0.6 is 0 Å². The van der Waals surface area contributed by atoms with Gasteiger partial charge in [-0.1, -0.05) is 0 Å². The lowest BCUT2D eigenvalue weighted by Gasteiger charge is -2.08. The van der Waals surface area contributed by atoms with Gasteiger partial charge in [0.2, 0.25) is 0 Å². The molecule has 92 valence electrons. The highest BCUT2D eigenvalue weighted by molar-refractivity contribution is 5.05. The molecule has 0 aromatic rings. The van der Waals surface area contributed by atoms with Gasteiger partial charge in [-0.05, 0) is 50.3 Å². The molecule has 0 heterocycles. The van der Waals surface area contributed by atoms with Crippen molar-refractivity contribution in [1.29, 1.82) is 0 Å². The molecule has 0 fully saturated rings. The zero-order valence-electron chi connectivity index (χ0n) is 10.2. The summed E-state index contributed by atoms with van der Waals surface area (Å²) in [5.41, 5.74) is 10.3. The van der Waals surface area contributed by atoms with E-state index in [4.69, 9.17) is 5.73 Å². The van der Waals surface area contributed by atoms with Crippen LogP contribution in [-0.4, -0.2) is 32.7 Å². The molecule has 0 unspecified atom stereocenters. The predicted molar refractivity (Wildman–Crippen MR) is 69.5 cm³/mol. The maximum absolute atomic E-state index is 5.38. The Balaban J connectivity index is 1.86. The minimum Gasteiger partial charge on any atom is -0.329 e. The van der Waals surface area contributed by atoms with E-state index in [-0.39, 0.29) is 0 Å². The van der Waals surface area contributed by atoms with Crippen LogP contribution in [0.1, 0.15) is 32.1 Å². The highest BCUT2D eigenvalue weighted by atomic mass is 14.9. The van der Waals surface area contributed by atoms with E-state index in [0.717, 1.165) is 32.7 Å².